The molecule has 0 aromatic heterocycles. The number of ether oxygens (including phenoxy) is 1. The molecule has 0 aliphatic heterocycles. The summed E-state index contributed by atoms with van der Waals surface area (Å²) in [4.78, 5) is 0. The molecule has 0 amide bonds. The second-order valence-electron chi connectivity index (χ2n) is 4.28. The van der Waals surface area contributed by atoms with Crippen LogP contribution in [0, 0.1) is 0 Å². The Hall–Kier alpha value is -0.900. The Kier molecular flexibility index (Phi) is 4.93. The lowest BCUT2D eigenvalue weighted by Gasteiger charge is -2.35. The molecule has 16 heavy (non-hydrogen) atoms. The molecule has 0 spiro atoms. The van der Waals surface area contributed by atoms with Crippen molar-refractivity contribution in [3.63, 3.8) is 0 Å². The van der Waals surface area contributed by atoms with Crippen molar-refractivity contribution in [1.82, 2.24) is 5.43 Å². The number of hydrogen-bond donors (Lipinski definition) is 2. The summed E-state index contributed by atoms with van der Waals surface area (Å²) < 4.78 is 5.57. The minimum Gasteiger partial charge on any atom is -0.377 e. The third kappa shape index (κ3) is 3.04. The summed E-state index contributed by atoms with van der Waals surface area (Å²) in [5.41, 5.74) is 3.90. The molecule has 1 rings (SSSR count). The molecule has 0 fully saturated rings. The molecule has 0 radical (unpaired) electrons. The van der Waals surface area contributed by atoms with Gasteiger partial charge in [-0.15, -0.1) is 0 Å². The fraction of sp³-hybridized carbons (Fsp3) is 0.538. The van der Waals surface area contributed by atoms with Crippen LogP contribution >= 0.6 is 0 Å². The molecule has 0 saturated carbocycles. The van der Waals surface area contributed by atoms with Gasteiger partial charge in [0.1, 0.15) is 0 Å². The van der Waals surface area contributed by atoms with Crippen LogP contribution in [0.2, 0.25) is 0 Å². The number of nitrogens with two attached hydrogens (primary N) is 1. The van der Waals surface area contributed by atoms with E-state index in [1.165, 1.54) is 5.56 Å². The smallest absolute Gasteiger partial charge is 0.0817 e. The van der Waals surface area contributed by atoms with Crippen molar-refractivity contribution in [2.75, 3.05) is 7.11 Å². The van der Waals surface area contributed by atoms with E-state index in [0.717, 1.165) is 12.8 Å². The Labute approximate surface area is 98.0 Å². The number of hydrogen-bond acceptors (Lipinski definition) is 3. The molecule has 0 saturated heterocycles. The summed E-state index contributed by atoms with van der Waals surface area (Å²) in [6.07, 6.45) is 1.79. The minimum absolute atomic E-state index is 0.116. The first-order valence-electron chi connectivity index (χ1n) is 5.71. The molecule has 2 atom stereocenters. The highest BCUT2D eigenvalue weighted by Gasteiger charge is 2.31. The molecule has 3 heteroatoms. The quantitative estimate of drug-likeness (QED) is 0.570. The molecule has 0 aliphatic rings. The number of benzene rings is 1. The zero-order valence-electron chi connectivity index (χ0n) is 10.4. The number of nitrogens with one attached hydrogen (secondary N) is 1. The van der Waals surface area contributed by atoms with Gasteiger partial charge in [0.05, 0.1) is 11.6 Å². The first kappa shape index (κ1) is 13.2. The third-order valence-electron chi connectivity index (χ3n) is 3.39. The Morgan fingerprint density at radius 2 is 2.00 bits per heavy atom. The summed E-state index contributed by atoms with van der Waals surface area (Å²) in [5.74, 6) is 5.63. The number of hydrazine groups is 1. The average molecular weight is 222 g/mol. The van der Waals surface area contributed by atoms with Crippen LogP contribution in [0.1, 0.15) is 25.8 Å². The van der Waals surface area contributed by atoms with Crippen molar-refractivity contribution in [3.05, 3.63) is 35.9 Å². The van der Waals surface area contributed by atoms with Crippen LogP contribution in [-0.4, -0.2) is 18.8 Å². The van der Waals surface area contributed by atoms with Crippen LogP contribution in [0.15, 0.2) is 30.3 Å². The Morgan fingerprint density at radius 3 is 2.44 bits per heavy atom. The van der Waals surface area contributed by atoms with Crippen LogP contribution in [0.25, 0.3) is 0 Å². The van der Waals surface area contributed by atoms with Crippen molar-refractivity contribution >= 4 is 0 Å². The van der Waals surface area contributed by atoms with E-state index in [9.17, 15) is 0 Å². The second-order valence-corrected chi connectivity index (χ2v) is 4.28. The fourth-order valence-corrected chi connectivity index (χ4v) is 1.83. The van der Waals surface area contributed by atoms with Crippen molar-refractivity contribution in [3.8, 4) is 0 Å². The number of rotatable bonds is 6. The van der Waals surface area contributed by atoms with Gasteiger partial charge in [0, 0.05) is 7.11 Å². The van der Waals surface area contributed by atoms with E-state index in [-0.39, 0.29) is 11.6 Å². The van der Waals surface area contributed by atoms with Gasteiger partial charge >= 0.3 is 0 Å². The summed E-state index contributed by atoms with van der Waals surface area (Å²) in [6.45, 7) is 4.19. The Balaban J connectivity index is 2.76. The van der Waals surface area contributed by atoms with Gasteiger partial charge < -0.3 is 4.74 Å². The third-order valence-corrected chi connectivity index (χ3v) is 3.39. The first-order valence-corrected chi connectivity index (χ1v) is 5.71. The maximum Gasteiger partial charge on any atom is 0.0817 e. The van der Waals surface area contributed by atoms with Crippen molar-refractivity contribution in [2.24, 2.45) is 5.84 Å². The average Bonchev–Trinajstić information content (AvgIpc) is 2.36. The summed E-state index contributed by atoms with van der Waals surface area (Å²) in [5, 5.41) is 0. The summed E-state index contributed by atoms with van der Waals surface area (Å²) in [6, 6.07) is 10.4. The molecular formula is C13H22N2O. The molecule has 0 bridgehead atoms. The minimum atomic E-state index is -0.232. The van der Waals surface area contributed by atoms with Crippen molar-refractivity contribution < 1.29 is 4.74 Å². The zero-order valence-corrected chi connectivity index (χ0v) is 10.4. The van der Waals surface area contributed by atoms with Crippen LogP contribution in [0.3, 0.4) is 0 Å². The molecule has 0 aliphatic carbocycles. The maximum absolute atomic E-state index is 5.63. The summed E-state index contributed by atoms with van der Waals surface area (Å²) >= 11 is 0. The molecular weight excluding hydrogens is 200 g/mol. The summed E-state index contributed by atoms with van der Waals surface area (Å²) in [7, 11) is 1.73. The predicted molar refractivity (Wildman–Crippen MR) is 67.0 cm³/mol. The molecule has 1 aromatic rings. The maximum atomic E-state index is 5.63. The predicted octanol–water partition coefficient (Wildman–Crippen LogP) is 1.88. The van der Waals surface area contributed by atoms with Gasteiger partial charge in [0.15, 0.2) is 0 Å². The van der Waals surface area contributed by atoms with E-state index in [2.05, 4.69) is 31.4 Å². The van der Waals surface area contributed by atoms with Crippen molar-refractivity contribution in [2.45, 2.75) is 38.3 Å². The molecule has 2 unspecified atom stereocenters. The highest BCUT2D eigenvalue weighted by atomic mass is 16.5. The van der Waals surface area contributed by atoms with E-state index in [4.69, 9.17) is 10.6 Å². The normalized spacial score (nSPS) is 16.8. The molecule has 0 heterocycles. The van der Waals surface area contributed by atoms with Gasteiger partial charge in [0.2, 0.25) is 0 Å². The van der Waals surface area contributed by atoms with Gasteiger partial charge in [-0.05, 0) is 25.3 Å². The second kappa shape index (κ2) is 5.99. The van der Waals surface area contributed by atoms with Gasteiger partial charge in [-0.1, -0.05) is 37.3 Å². The Morgan fingerprint density at radius 1 is 1.38 bits per heavy atom. The van der Waals surface area contributed by atoms with E-state index in [1.54, 1.807) is 7.11 Å². The van der Waals surface area contributed by atoms with Crippen molar-refractivity contribution in [1.29, 1.82) is 0 Å². The highest BCUT2D eigenvalue weighted by Crippen LogP contribution is 2.21. The van der Waals surface area contributed by atoms with Gasteiger partial charge in [0.25, 0.3) is 0 Å². The molecule has 1 aromatic carbocycles. The van der Waals surface area contributed by atoms with E-state index >= 15 is 0 Å². The first-order chi connectivity index (χ1) is 7.66. The van der Waals surface area contributed by atoms with Gasteiger partial charge in [-0.25, -0.2) is 0 Å². The van der Waals surface area contributed by atoms with E-state index < -0.39 is 0 Å². The lowest BCUT2D eigenvalue weighted by molar-refractivity contribution is -0.0288. The van der Waals surface area contributed by atoms with E-state index in [1.807, 2.05) is 18.2 Å². The lowest BCUT2D eigenvalue weighted by atomic mass is 9.89. The highest BCUT2D eigenvalue weighted by molar-refractivity contribution is 5.17. The van der Waals surface area contributed by atoms with Crippen LogP contribution in [0.4, 0.5) is 0 Å². The standard InChI is InChI=1S/C13H22N2O/c1-4-13(2,16-3)12(15-14)10-11-8-6-5-7-9-11/h5-9,12,15H,4,10,14H2,1-3H3. The van der Waals surface area contributed by atoms with Crippen LogP contribution in [-0.2, 0) is 11.2 Å². The lowest BCUT2D eigenvalue weighted by Crippen LogP contribution is -2.53. The SMILES string of the molecule is CCC(C)(OC)C(Cc1ccccc1)NN. The van der Waals surface area contributed by atoms with Crippen LogP contribution < -0.4 is 11.3 Å². The molecule has 90 valence electrons. The van der Waals surface area contributed by atoms with Crippen LogP contribution in [0.5, 0.6) is 0 Å². The topological polar surface area (TPSA) is 47.3 Å². The number of methoxy groups -OCH3 is 1. The fourth-order valence-electron chi connectivity index (χ4n) is 1.83. The van der Waals surface area contributed by atoms with Gasteiger partial charge in [-0.2, -0.15) is 0 Å². The monoisotopic (exact) mass is 222 g/mol. The van der Waals surface area contributed by atoms with Gasteiger partial charge in [-0.3, -0.25) is 11.3 Å². The molecule has 3 nitrogen and oxygen atoms in total. The molecule has 3 N–H and O–H groups in total. The zero-order chi connectivity index (χ0) is 12.0. The Bertz CT molecular complexity index is 296. The van der Waals surface area contributed by atoms with E-state index in [0.29, 0.717) is 0 Å². The largest absolute Gasteiger partial charge is 0.377 e.